The lowest BCUT2D eigenvalue weighted by molar-refractivity contribution is 0.0696. The number of nitrogens with zero attached hydrogens (tertiary/aromatic N) is 1. The second-order valence-corrected chi connectivity index (χ2v) is 6.40. The maximum absolute atomic E-state index is 12.1. The molecule has 1 heterocycles. The lowest BCUT2D eigenvalue weighted by atomic mass is 9.95. The van der Waals surface area contributed by atoms with Crippen LogP contribution in [-0.2, 0) is 0 Å². The van der Waals surface area contributed by atoms with Crippen LogP contribution in [0.5, 0.6) is 0 Å². The molecule has 0 radical (unpaired) electrons. The van der Waals surface area contributed by atoms with Crippen molar-refractivity contribution in [1.29, 1.82) is 0 Å². The molecule has 118 valence electrons. The van der Waals surface area contributed by atoms with E-state index in [1.165, 1.54) is 6.92 Å². The molecule has 0 aliphatic rings. The van der Waals surface area contributed by atoms with Crippen LogP contribution in [0, 0.1) is 6.92 Å². The Morgan fingerprint density at radius 1 is 1.14 bits per heavy atom. The second kappa shape index (κ2) is 5.59. The number of carboxylic acid groups (broad SMARTS) is 1. The highest BCUT2D eigenvalue weighted by Crippen LogP contribution is 2.35. The van der Waals surface area contributed by atoms with E-state index in [4.69, 9.17) is 0 Å². The third-order valence-electron chi connectivity index (χ3n) is 4.11. The number of ketones is 1. The van der Waals surface area contributed by atoms with Gasteiger partial charge in [0.2, 0.25) is 0 Å². The highest BCUT2D eigenvalue weighted by molar-refractivity contribution is 6.10. The molecule has 22 heavy (non-hydrogen) atoms. The quantitative estimate of drug-likeness (QED) is 0.842. The number of fused-ring (bicyclic) bond motifs is 1. The van der Waals surface area contributed by atoms with Crippen LogP contribution in [-0.4, -0.2) is 21.4 Å². The topological polar surface area (TPSA) is 59.3 Å². The standard InChI is InChI=1S/C18H23NO3/c1-9(2)14-7-13(18(21)22)8-15-16(12(6)20)11(5)19(10(3)4)17(14)15/h7-10H,1-6H3,(H,21,22). The number of hydrogen-bond donors (Lipinski definition) is 1. The lowest BCUT2D eigenvalue weighted by Crippen LogP contribution is -2.07. The van der Waals surface area contributed by atoms with E-state index in [2.05, 4.69) is 18.4 Å². The van der Waals surface area contributed by atoms with Crippen LogP contribution in [0.4, 0.5) is 0 Å². The summed E-state index contributed by atoms with van der Waals surface area (Å²) in [4.78, 5) is 23.6. The number of Topliss-reactive ketones (excluding diaryl/α,β-unsaturated/α-hetero) is 1. The molecular weight excluding hydrogens is 278 g/mol. The summed E-state index contributed by atoms with van der Waals surface area (Å²) in [6.45, 7) is 11.7. The number of carbonyl (C=O) groups is 2. The van der Waals surface area contributed by atoms with Crippen LogP contribution in [0.25, 0.3) is 10.9 Å². The van der Waals surface area contributed by atoms with Crippen molar-refractivity contribution in [3.63, 3.8) is 0 Å². The first-order valence-corrected chi connectivity index (χ1v) is 7.59. The Hall–Kier alpha value is -2.10. The summed E-state index contributed by atoms with van der Waals surface area (Å²) in [5.41, 5.74) is 3.73. The van der Waals surface area contributed by atoms with Crippen LogP contribution >= 0.6 is 0 Å². The minimum atomic E-state index is -0.965. The van der Waals surface area contributed by atoms with Crippen molar-refractivity contribution >= 4 is 22.7 Å². The van der Waals surface area contributed by atoms with Crippen molar-refractivity contribution in [3.05, 3.63) is 34.5 Å². The van der Waals surface area contributed by atoms with Gasteiger partial charge in [-0.1, -0.05) is 13.8 Å². The van der Waals surface area contributed by atoms with Gasteiger partial charge in [-0.2, -0.15) is 0 Å². The number of benzene rings is 1. The van der Waals surface area contributed by atoms with E-state index < -0.39 is 5.97 Å². The second-order valence-electron chi connectivity index (χ2n) is 6.40. The third kappa shape index (κ3) is 2.43. The zero-order valence-electron chi connectivity index (χ0n) is 14.0. The van der Waals surface area contributed by atoms with Crippen molar-refractivity contribution in [3.8, 4) is 0 Å². The molecule has 0 aliphatic heterocycles. The molecule has 0 saturated carbocycles. The SMILES string of the molecule is CC(=O)c1c(C)n(C(C)C)c2c(C(C)C)cc(C(=O)O)cc12. The molecule has 0 fully saturated rings. The number of hydrogen-bond acceptors (Lipinski definition) is 2. The Morgan fingerprint density at radius 2 is 1.73 bits per heavy atom. The van der Waals surface area contributed by atoms with Gasteiger partial charge >= 0.3 is 5.97 Å². The minimum absolute atomic E-state index is 0.0286. The molecule has 0 saturated heterocycles. The fraction of sp³-hybridized carbons (Fsp3) is 0.444. The summed E-state index contributed by atoms with van der Waals surface area (Å²) in [5, 5.41) is 10.1. The summed E-state index contributed by atoms with van der Waals surface area (Å²) in [6.07, 6.45) is 0. The molecule has 1 N–H and O–H groups in total. The number of aromatic nitrogens is 1. The Labute approximate surface area is 130 Å². The molecule has 2 rings (SSSR count). The molecule has 0 aliphatic carbocycles. The monoisotopic (exact) mass is 301 g/mol. The Balaban J connectivity index is 3.07. The average molecular weight is 301 g/mol. The number of rotatable bonds is 4. The van der Waals surface area contributed by atoms with Gasteiger partial charge in [-0.05, 0) is 51.3 Å². The first-order chi connectivity index (χ1) is 10.2. The minimum Gasteiger partial charge on any atom is -0.478 e. The summed E-state index contributed by atoms with van der Waals surface area (Å²) in [7, 11) is 0. The van der Waals surface area contributed by atoms with E-state index in [0.29, 0.717) is 5.56 Å². The smallest absolute Gasteiger partial charge is 0.335 e. The Kier molecular flexibility index (Phi) is 4.14. The molecule has 1 aromatic heterocycles. The van der Waals surface area contributed by atoms with Crippen molar-refractivity contribution in [2.45, 2.75) is 53.5 Å². The van der Waals surface area contributed by atoms with Crippen LogP contribution in [0.3, 0.4) is 0 Å². The van der Waals surface area contributed by atoms with Crippen LogP contribution in [0.2, 0.25) is 0 Å². The molecule has 0 spiro atoms. The van der Waals surface area contributed by atoms with E-state index >= 15 is 0 Å². The summed E-state index contributed by atoms with van der Waals surface area (Å²) >= 11 is 0. The highest BCUT2D eigenvalue weighted by atomic mass is 16.4. The van der Waals surface area contributed by atoms with E-state index in [-0.39, 0.29) is 23.3 Å². The maximum Gasteiger partial charge on any atom is 0.335 e. The molecule has 0 unspecified atom stereocenters. The summed E-state index contributed by atoms with van der Waals surface area (Å²) in [6, 6.07) is 3.56. The van der Waals surface area contributed by atoms with Crippen LogP contribution in [0.15, 0.2) is 12.1 Å². The molecule has 4 nitrogen and oxygen atoms in total. The van der Waals surface area contributed by atoms with Gasteiger partial charge < -0.3 is 9.67 Å². The normalized spacial score (nSPS) is 11.6. The lowest BCUT2D eigenvalue weighted by Gasteiger charge is -2.17. The van der Waals surface area contributed by atoms with Gasteiger partial charge in [0.15, 0.2) is 5.78 Å². The number of carboxylic acids is 1. The predicted octanol–water partition coefficient (Wildman–Crippen LogP) is 4.55. The van der Waals surface area contributed by atoms with Gasteiger partial charge in [-0.25, -0.2) is 4.79 Å². The van der Waals surface area contributed by atoms with Gasteiger partial charge in [0, 0.05) is 22.7 Å². The maximum atomic E-state index is 12.1. The first-order valence-electron chi connectivity index (χ1n) is 7.59. The fourth-order valence-electron chi connectivity index (χ4n) is 3.25. The van der Waals surface area contributed by atoms with Crippen molar-refractivity contribution in [2.24, 2.45) is 0 Å². The zero-order chi connectivity index (χ0) is 16.8. The van der Waals surface area contributed by atoms with Crippen LogP contribution in [0.1, 0.15) is 78.6 Å². The van der Waals surface area contributed by atoms with Gasteiger partial charge in [0.25, 0.3) is 0 Å². The zero-order valence-corrected chi connectivity index (χ0v) is 14.0. The van der Waals surface area contributed by atoms with E-state index in [9.17, 15) is 14.7 Å². The van der Waals surface area contributed by atoms with Gasteiger partial charge in [0.1, 0.15) is 0 Å². The van der Waals surface area contributed by atoms with Crippen LogP contribution < -0.4 is 0 Å². The predicted molar refractivity (Wildman–Crippen MR) is 88.1 cm³/mol. The van der Waals surface area contributed by atoms with Crippen molar-refractivity contribution in [1.82, 2.24) is 4.57 Å². The Morgan fingerprint density at radius 3 is 2.14 bits per heavy atom. The van der Waals surface area contributed by atoms with Crippen molar-refractivity contribution < 1.29 is 14.7 Å². The van der Waals surface area contributed by atoms with E-state index in [1.807, 2.05) is 20.8 Å². The largest absolute Gasteiger partial charge is 0.478 e. The third-order valence-corrected chi connectivity index (χ3v) is 4.11. The Bertz CT molecular complexity index is 766. The molecule has 1 aromatic carbocycles. The van der Waals surface area contributed by atoms with E-state index in [1.54, 1.807) is 12.1 Å². The molecular formula is C18H23NO3. The first kappa shape index (κ1) is 16.3. The highest BCUT2D eigenvalue weighted by Gasteiger charge is 2.23. The van der Waals surface area contributed by atoms with Gasteiger partial charge in [0.05, 0.1) is 11.1 Å². The fourth-order valence-corrected chi connectivity index (χ4v) is 3.25. The average Bonchev–Trinajstić information content (AvgIpc) is 2.68. The number of aromatic carboxylic acids is 1. The molecule has 0 amide bonds. The van der Waals surface area contributed by atoms with Gasteiger partial charge in [-0.15, -0.1) is 0 Å². The molecule has 0 atom stereocenters. The molecule has 2 aromatic rings. The van der Waals surface area contributed by atoms with E-state index in [0.717, 1.165) is 22.2 Å². The number of carbonyl (C=O) groups excluding carboxylic acids is 1. The summed E-state index contributed by atoms with van der Waals surface area (Å²) < 4.78 is 2.15. The van der Waals surface area contributed by atoms with Gasteiger partial charge in [-0.3, -0.25) is 4.79 Å². The molecule has 0 bridgehead atoms. The van der Waals surface area contributed by atoms with Crippen molar-refractivity contribution in [2.75, 3.05) is 0 Å². The summed E-state index contributed by atoms with van der Waals surface area (Å²) in [5.74, 6) is -0.819. The molecule has 4 heteroatoms.